The van der Waals surface area contributed by atoms with Crippen molar-refractivity contribution in [2.45, 2.75) is 69.1 Å². The molecule has 1 aromatic heterocycles. The summed E-state index contributed by atoms with van der Waals surface area (Å²) in [5, 5.41) is 14.6. The molecule has 3 heterocycles. The lowest BCUT2D eigenvalue weighted by Gasteiger charge is -2.40. The van der Waals surface area contributed by atoms with Gasteiger partial charge in [-0.3, -0.25) is 14.5 Å². The molecular weight excluding hydrogens is 502 g/mol. The molecule has 0 spiro atoms. The number of carbonyl (C=O) groups excluding carboxylic acids is 2. The van der Waals surface area contributed by atoms with Crippen LogP contribution in [0.25, 0.3) is 5.69 Å². The van der Waals surface area contributed by atoms with E-state index in [-0.39, 0.29) is 11.8 Å². The third kappa shape index (κ3) is 5.81. The quantitative estimate of drug-likeness (QED) is 0.384. The van der Waals surface area contributed by atoms with Crippen LogP contribution in [0.1, 0.15) is 59.5 Å². The van der Waals surface area contributed by atoms with Crippen molar-refractivity contribution in [3.8, 4) is 5.69 Å². The molecule has 210 valence electrons. The Morgan fingerprint density at radius 1 is 1.02 bits per heavy atom. The first-order valence-corrected chi connectivity index (χ1v) is 14.5. The second-order valence-electron chi connectivity index (χ2n) is 11.7. The summed E-state index contributed by atoms with van der Waals surface area (Å²) >= 11 is 0. The van der Waals surface area contributed by atoms with Crippen molar-refractivity contribution >= 4 is 11.8 Å². The molecule has 3 aliphatic rings. The third-order valence-corrected chi connectivity index (χ3v) is 8.95. The zero-order valence-corrected chi connectivity index (χ0v) is 23.4. The maximum Gasteiger partial charge on any atom is 0.251 e. The van der Waals surface area contributed by atoms with E-state index in [0.717, 1.165) is 51.0 Å². The van der Waals surface area contributed by atoms with Crippen LogP contribution in [0, 0.1) is 6.92 Å². The predicted molar refractivity (Wildman–Crippen MR) is 153 cm³/mol. The van der Waals surface area contributed by atoms with Gasteiger partial charge in [-0.05, 0) is 82.4 Å². The molecule has 2 amide bonds. The first-order valence-electron chi connectivity index (χ1n) is 14.5. The van der Waals surface area contributed by atoms with Gasteiger partial charge in [0, 0.05) is 42.7 Å². The minimum atomic E-state index is -0.542. The fourth-order valence-electron chi connectivity index (χ4n) is 6.32. The van der Waals surface area contributed by atoms with Crippen LogP contribution in [0.3, 0.4) is 0 Å². The molecule has 2 N–H and O–H groups in total. The highest BCUT2D eigenvalue weighted by Crippen LogP contribution is 2.40. The molecule has 2 aromatic carbocycles. The highest BCUT2D eigenvalue weighted by atomic mass is 16.2. The second kappa shape index (κ2) is 11.5. The van der Waals surface area contributed by atoms with E-state index >= 15 is 0 Å². The van der Waals surface area contributed by atoms with Gasteiger partial charge in [0.05, 0.1) is 18.1 Å². The number of hydrogen-bond acceptors (Lipinski definition) is 6. The molecule has 2 saturated heterocycles. The molecule has 1 aliphatic carbocycles. The van der Waals surface area contributed by atoms with Crippen LogP contribution in [0.2, 0.25) is 0 Å². The first-order chi connectivity index (χ1) is 19.5. The number of fused-ring (bicyclic) bond motifs is 2. The minimum Gasteiger partial charge on any atom is -0.340 e. The van der Waals surface area contributed by atoms with Crippen LogP contribution < -0.4 is 10.6 Å². The number of likely N-dealkylation sites (tertiary alicyclic amines) is 1. The van der Waals surface area contributed by atoms with Gasteiger partial charge in [-0.1, -0.05) is 35.0 Å². The van der Waals surface area contributed by atoms with Gasteiger partial charge in [-0.15, -0.1) is 5.10 Å². The lowest BCUT2D eigenvalue weighted by atomic mass is 10.1. The fraction of sp³-hybridized carbons (Fsp3) is 0.484. The Balaban J connectivity index is 1.07. The number of benzene rings is 2. The van der Waals surface area contributed by atoms with Crippen LogP contribution >= 0.6 is 0 Å². The number of likely N-dealkylation sites (N-methyl/N-ethyl adjacent to an activating group) is 1. The zero-order valence-electron chi connectivity index (χ0n) is 23.4. The average molecular weight is 542 g/mol. The van der Waals surface area contributed by atoms with E-state index in [4.69, 9.17) is 0 Å². The summed E-state index contributed by atoms with van der Waals surface area (Å²) < 4.78 is 1.64. The maximum atomic E-state index is 13.8. The molecule has 0 radical (unpaired) electrons. The molecule has 2 aliphatic heterocycles. The summed E-state index contributed by atoms with van der Waals surface area (Å²) in [7, 11) is 2.17. The van der Waals surface area contributed by atoms with E-state index in [0.29, 0.717) is 36.0 Å². The number of piperazine rings is 1. The van der Waals surface area contributed by atoms with E-state index in [2.05, 4.69) is 64.1 Å². The molecule has 3 aromatic rings. The SMILES string of the molecule is Cc1ccc([C@@H]2C[C@H]2NCCC[C@H](NC(=O)c2ccc(-n3ccnn3)cc2)C(=O)N2CC3CCC(C2)N3C)cc1. The van der Waals surface area contributed by atoms with E-state index in [1.54, 1.807) is 29.2 Å². The molecule has 2 bridgehead atoms. The number of nitrogens with one attached hydrogen (secondary N) is 2. The summed E-state index contributed by atoms with van der Waals surface area (Å²) in [6.07, 6.45) is 8.21. The molecule has 6 rings (SSSR count). The van der Waals surface area contributed by atoms with Gasteiger partial charge in [0.2, 0.25) is 5.91 Å². The summed E-state index contributed by atoms with van der Waals surface area (Å²) in [4.78, 5) is 31.4. The number of rotatable bonds is 10. The van der Waals surface area contributed by atoms with E-state index in [1.165, 1.54) is 11.1 Å². The van der Waals surface area contributed by atoms with E-state index in [9.17, 15) is 9.59 Å². The highest BCUT2D eigenvalue weighted by molar-refractivity contribution is 5.97. The number of hydrogen-bond donors (Lipinski definition) is 2. The Kier molecular flexibility index (Phi) is 7.67. The maximum absolute atomic E-state index is 13.8. The second-order valence-corrected chi connectivity index (χ2v) is 11.7. The highest BCUT2D eigenvalue weighted by Gasteiger charge is 2.41. The van der Waals surface area contributed by atoms with Crippen molar-refractivity contribution in [1.82, 2.24) is 35.4 Å². The molecule has 9 nitrogen and oxygen atoms in total. The molecule has 3 fully saturated rings. The molecule has 40 heavy (non-hydrogen) atoms. The Morgan fingerprint density at radius 3 is 2.42 bits per heavy atom. The van der Waals surface area contributed by atoms with E-state index < -0.39 is 6.04 Å². The van der Waals surface area contributed by atoms with Gasteiger partial charge in [0.15, 0.2) is 0 Å². The van der Waals surface area contributed by atoms with Crippen molar-refractivity contribution in [1.29, 1.82) is 0 Å². The van der Waals surface area contributed by atoms with Crippen molar-refractivity contribution in [3.05, 3.63) is 77.6 Å². The van der Waals surface area contributed by atoms with Gasteiger partial charge in [-0.2, -0.15) is 0 Å². The lowest BCUT2D eigenvalue weighted by Crippen LogP contribution is -2.58. The third-order valence-electron chi connectivity index (χ3n) is 8.95. The first kappa shape index (κ1) is 26.7. The molecule has 9 heteroatoms. The van der Waals surface area contributed by atoms with Crippen molar-refractivity contribution in [2.75, 3.05) is 26.7 Å². The van der Waals surface area contributed by atoms with Gasteiger partial charge in [-0.25, -0.2) is 4.68 Å². The predicted octanol–water partition coefficient (Wildman–Crippen LogP) is 2.91. The summed E-state index contributed by atoms with van der Waals surface area (Å²) in [6, 6.07) is 16.8. The lowest BCUT2D eigenvalue weighted by molar-refractivity contribution is -0.136. The molecular formula is C31H39N7O2. The number of nitrogens with zero attached hydrogens (tertiary/aromatic N) is 5. The molecule has 1 saturated carbocycles. The Bertz CT molecular complexity index is 1290. The monoisotopic (exact) mass is 541 g/mol. The van der Waals surface area contributed by atoms with Gasteiger partial charge >= 0.3 is 0 Å². The number of aryl methyl sites for hydroxylation is 1. The van der Waals surface area contributed by atoms with Gasteiger partial charge < -0.3 is 15.5 Å². The summed E-state index contributed by atoms with van der Waals surface area (Å²) in [5.74, 6) is 0.385. The van der Waals surface area contributed by atoms with Gasteiger partial charge in [0.1, 0.15) is 6.04 Å². The Labute approximate surface area is 235 Å². The van der Waals surface area contributed by atoms with Crippen molar-refractivity contribution in [3.63, 3.8) is 0 Å². The van der Waals surface area contributed by atoms with Crippen LogP contribution in [0.5, 0.6) is 0 Å². The number of amides is 2. The topological polar surface area (TPSA) is 95.4 Å². The van der Waals surface area contributed by atoms with Crippen LogP contribution in [-0.2, 0) is 4.79 Å². The molecule has 2 unspecified atom stereocenters. The summed E-state index contributed by atoms with van der Waals surface area (Å²) in [6.45, 7) is 4.42. The van der Waals surface area contributed by atoms with E-state index in [1.807, 2.05) is 17.0 Å². The minimum absolute atomic E-state index is 0.0431. The van der Waals surface area contributed by atoms with Crippen LogP contribution in [0.15, 0.2) is 60.9 Å². The zero-order chi connectivity index (χ0) is 27.6. The summed E-state index contributed by atoms with van der Waals surface area (Å²) in [5.41, 5.74) is 4.02. The number of aromatic nitrogens is 3. The largest absolute Gasteiger partial charge is 0.340 e. The standard InChI is InChI=1S/C31H39N7O2/c1-21-5-7-22(8-6-21)27-18-29(27)32-15-3-4-28(31(40)37-19-25-13-14-26(20-37)36(25)2)34-30(39)23-9-11-24(12-10-23)38-17-16-33-35-38/h5-12,16-17,25-29,32H,3-4,13-15,18-20H2,1-2H3,(H,34,39)/t25?,26?,27-,28-,29+/m0/s1. The fourth-order valence-corrected chi connectivity index (χ4v) is 6.32. The van der Waals surface area contributed by atoms with Crippen molar-refractivity contribution < 1.29 is 9.59 Å². The normalized spacial score (nSPS) is 24.6. The molecule has 5 atom stereocenters. The Morgan fingerprint density at radius 2 is 1.75 bits per heavy atom. The average Bonchev–Trinajstić information content (AvgIpc) is 3.47. The smallest absolute Gasteiger partial charge is 0.251 e. The van der Waals surface area contributed by atoms with Crippen LogP contribution in [0.4, 0.5) is 0 Å². The Hall–Kier alpha value is -3.56. The van der Waals surface area contributed by atoms with Gasteiger partial charge in [0.25, 0.3) is 5.91 Å². The van der Waals surface area contributed by atoms with Crippen molar-refractivity contribution in [2.24, 2.45) is 0 Å². The van der Waals surface area contributed by atoms with Crippen LogP contribution in [-0.4, -0.2) is 87.5 Å². The number of carbonyl (C=O) groups is 2.